The zero-order valence-electron chi connectivity index (χ0n) is 13.6. The smallest absolute Gasteiger partial charge is 0.328 e. The van der Waals surface area contributed by atoms with Crippen molar-refractivity contribution in [1.29, 1.82) is 0 Å². The SMILES string of the molecule is COC(=O)[C@H](C)n1cnc2c(nnn2Cc2ccc(C)cc2)c1=O. The molecule has 3 aromatic rings. The van der Waals surface area contributed by atoms with E-state index in [1.165, 1.54) is 23.6 Å². The lowest BCUT2D eigenvalue weighted by atomic mass is 10.1. The summed E-state index contributed by atoms with van der Waals surface area (Å²) < 4.78 is 7.42. The molecular weight excluding hydrogens is 310 g/mol. The van der Waals surface area contributed by atoms with Crippen LogP contribution in [0.1, 0.15) is 24.1 Å². The minimum Gasteiger partial charge on any atom is -0.467 e. The second-order valence-electron chi connectivity index (χ2n) is 5.56. The molecular formula is C16H17N5O3. The van der Waals surface area contributed by atoms with E-state index in [1.54, 1.807) is 11.6 Å². The fourth-order valence-corrected chi connectivity index (χ4v) is 2.40. The Morgan fingerprint density at radius 3 is 2.67 bits per heavy atom. The average Bonchev–Trinajstić information content (AvgIpc) is 3.00. The Bertz CT molecular complexity index is 942. The first-order valence-corrected chi connectivity index (χ1v) is 7.45. The van der Waals surface area contributed by atoms with E-state index in [1.807, 2.05) is 31.2 Å². The molecule has 0 spiro atoms. The number of esters is 1. The van der Waals surface area contributed by atoms with E-state index in [4.69, 9.17) is 0 Å². The number of carbonyl (C=O) groups is 1. The molecule has 0 saturated heterocycles. The summed E-state index contributed by atoms with van der Waals surface area (Å²) in [4.78, 5) is 28.4. The molecule has 0 fully saturated rings. The molecule has 0 amide bonds. The van der Waals surface area contributed by atoms with Gasteiger partial charge in [-0.05, 0) is 19.4 Å². The number of rotatable bonds is 4. The van der Waals surface area contributed by atoms with Gasteiger partial charge in [-0.15, -0.1) is 5.10 Å². The highest BCUT2D eigenvalue weighted by Gasteiger charge is 2.20. The summed E-state index contributed by atoms with van der Waals surface area (Å²) in [6, 6.07) is 7.22. The maximum Gasteiger partial charge on any atom is 0.328 e. The van der Waals surface area contributed by atoms with Crippen LogP contribution in [0.3, 0.4) is 0 Å². The number of carbonyl (C=O) groups excluding carboxylic acids is 1. The van der Waals surface area contributed by atoms with Crippen LogP contribution in [0.4, 0.5) is 0 Å². The molecule has 0 aliphatic carbocycles. The Hall–Kier alpha value is -3.03. The zero-order valence-corrected chi connectivity index (χ0v) is 13.6. The Kier molecular flexibility index (Phi) is 4.11. The largest absolute Gasteiger partial charge is 0.467 e. The Labute approximate surface area is 137 Å². The van der Waals surface area contributed by atoms with Crippen molar-refractivity contribution in [2.75, 3.05) is 7.11 Å². The summed E-state index contributed by atoms with van der Waals surface area (Å²) in [7, 11) is 1.27. The molecule has 0 bridgehead atoms. The van der Waals surface area contributed by atoms with E-state index in [0.29, 0.717) is 12.2 Å². The highest BCUT2D eigenvalue weighted by molar-refractivity contribution is 5.74. The first-order valence-electron chi connectivity index (χ1n) is 7.45. The van der Waals surface area contributed by atoms with Gasteiger partial charge in [0.25, 0.3) is 5.56 Å². The number of aromatic nitrogens is 5. The third kappa shape index (κ3) is 2.78. The fraction of sp³-hybridized carbons (Fsp3) is 0.312. The van der Waals surface area contributed by atoms with Crippen molar-refractivity contribution in [2.45, 2.75) is 26.4 Å². The third-order valence-corrected chi connectivity index (χ3v) is 3.86. The molecule has 8 heteroatoms. The standard InChI is InChI=1S/C16H17N5O3/c1-10-4-6-12(7-5-10)8-21-14-13(18-19-21)15(22)20(9-17-14)11(2)16(23)24-3/h4-7,9,11H,8H2,1-3H3/t11-/m0/s1. The van der Waals surface area contributed by atoms with E-state index >= 15 is 0 Å². The molecule has 1 aromatic carbocycles. The van der Waals surface area contributed by atoms with E-state index in [9.17, 15) is 9.59 Å². The van der Waals surface area contributed by atoms with Crippen LogP contribution in [0.5, 0.6) is 0 Å². The third-order valence-electron chi connectivity index (χ3n) is 3.86. The van der Waals surface area contributed by atoms with E-state index in [-0.39, 0.29) is 5.52 Å². The summed E-state index contributed by atoms with van der Waals surface area (Å²) in [5, 5.41) is 7.94. The number of hydrogen-bond donors (Lipinski definition) is 0. The number of benzene rings is 1. The van der Waals surface area contributed by atoms with E-state index < -0.39 is 17.6 Å². The van der Waals surface area contributed by atoms with Crippen molar-refractivity contribution in [3.05, 3.63) is 52.1 Å². The van der Waals surface area contributed by atoms with Gasteiger partial charge in [-0.1, -0.05) is 35.0 Å². The molecule has 2 heterocycles. The Morgan fingerprint density at radius 2 is 2.00 bits per heavy atom. The summed E-state index contributed by atoms with van der Waals surface area (Å²) in [5.74, 6) is -0.523. The summed E-state index contributed by atoms with van der Waals surface area (Å²) in [6.07, 6.45) is 1.32. The van der Waals surface area contributed by atoms with Crippen LogP contribution in [0.2, 0.25) is 0 Å². The van der Waals surface area contributed by atoms with Gasteiger partial charge in [-0.2, -0.15) is 0 Å². The van der Waals surface area contributed by atoms with Crippen molar-refractivity contribution in [3.63, 3.8) is 0 Å². The number of ether oxygens (including phenoxy) is 1. The van der Waals surface area contributed by atoms with Crippen LogP contribution in [0.15, 0.2) is 35.4 Å². The summed E-state index contributed by atoms with van der Waals surface area (Å²) in [5.41, 5.74) is 2.28. The molecule has 1 atom stereocenters. The van der Waals surface area contributed by atoms with Crippen LogP contribution >= 0.6 is 0 Å². The Balaban J connectivity index is 1.99. The first-order chi connectivity index (χ1) is 11.5. The van der Waals surface area contributed by atoms with Crippen LogP contribution in [0.25, 0.3) is 11.2 Å². The molecule has 0 unspecified atom stereocenters. The van der Waals surface area contributed by atoms with E-state index in [2.05, 4.69) is 20.0 Å². The van der Waals surface area contributed by atoms with Crippen LogP contribution in [-0.2, 0) is 16.1 Å². The number of fused-ring (bicyclic) bond motifs is 1. The fourth-order valence-electron chi connectivity index (χ4n) is 2.40. The zero-order chi connectivity index (χ0) is 17.3. The number of methoxy groups -OCH3 is 1. The molecule has 2 aromatic heterocycles. The molecule has 0 N–H and O–H groups in total. The van der Waals surface area contributed by atoms with Gasteiger partial charge < -0.3 is 4.74 Å². The molecule has 24 heavy (non-hydrogen) atoms. The quantitative estimate of drug-likeness (QED) is 0.666. The second-order valence-corrected chi connectivity index (χ2v) is 5.56. The first kappa shape index (κ1) is 15.9. The van der Waals surface area contributed by atoms with Crippen molar-refractivity contribution in [3.8, 4) is 0 Å². The Morgan fingerprint density at radius 1 is 1.29 bits per heavy atom. The van der Waals surface area contributed by atoms with Gasteiger partial charge in [-0.25, -0.2) is 14.5 Å². The minimum absolute atomic E-state index is 0.125. The van der Waals surface area contributed by atoms with Crippen molar-refractivity contribution in [1.82, 2.24) is 24.5 Å². The summed E-state index contributed by atoms with van der Waals surface area (Å²) >= 11 is 0. The highest BCUT2D eigenvalue weighted by Crippen LogP contribution is 2.10. The van der Waals surface area contributed by atoms with Gasteiger partial charge in [0.1, 0.15) is 12.4 Å². The lowest BCUT2D eigenvalue weighted by molar-refractivity contribution is -0.144. The van der Waals surface area contributed by atoms with Crippen molar-refractivity contribution in [2.24, 2.45) is 0 Å². The highest BCUT2D eigenvalue weighted by atomic mass is 16.5. The van der Waals surface area contributed by atoms with Gasteiger partial charge in [0, 0.05) is 0 Å². The van der Waals surface area contributed by atoms with Gasteiger partial charge in [0.05, 0.1) is 13.7 Å². The molecule has 124 valence electrons. The maximum absolute atomic E-state index is 12.5. The molecule has 0 saturated carbocycles. The van der Waals surface area contributed by atoms with Crippen molar-refractivity contribution >= 4 is 17.1 Å². The van der Waals surface area contributed by atoms with Gasteiger partial charge in [0.2, 0.25) is 0 Å². The molecule has 0 aliphatic heterocycles. The number of hydrogen-bond acceptors (Lipinski definition) is 6. The predicted molar refractivity (Wildman–Crippen MR) is 86.6 cm³/mol. The van der Waals surface area contributed by atoms with Gasteiger partial charge in [-0.3, -0.25) is 9.36 Å². The minimum atomic E-state index is -0.776. The molecule has 0 radical (unpaired) electrons. The second kappa shape index (κ2) is 6.23. The lowest BCUT2D eigenvalue weighted by Crippen LogP contribution is -2.29. The predicted octanol–water partition coefficient (Wildman–Crippen LogP) is 1.08. The van der Waals surface area contributed by atoms with Crippen LogP contribution in [0, 0.1) is 6.92 Å². The molecule has 3 rings (SSSR count). The van der Waals surface area contributed by atoms with Crippen LogP contribution < -0.4 is 5.56 Å². The average molecular weight is 327 g/mol. The number of aryl methyl sites for hydroxylation is 1. The van der Waals surface area contributed by atoms with Crippen molar-refractivity contribution < 1.29 is 9.53 Å². The lowest BCUT2D eigenvalue weighted by Gasteiger charge is -2.11. The topological polar surface area (TPSA) is 91.9 Å². The normalized spacial score (nSPS) is 12.3. The van der Waals surface area contributed by atoms with Gasteiger partial charge in [0.15, 0.2) is 11.2 Å². The monoisotopic (exact) mass is 327 g/mol. The van der Waals surface area contributed by atoms with Gasteiger partial charge >= 0.3 is 5.97 Å². The maximum atomic E-state index is 12.5. The molecule has 0 aliphatic rings. The number of nitrogens with zero attached hydrogens (tertiary/aromatic N) is 5. The summed E-state index contributed by atoms with van der Waals surface area (Å²) in [6.45, 7) is 4.04. The molecule has 8 nitrogen and oxygen atoms in total. The van der Waals surface area contributed by atoms with E-state index in [0.717, 1.165) is 5.56 Å². The van der Waals surface area contributed by atoms with Crippen LogP contribution in [-0.4, -0.2) is 37.6 Å².